The number of amides is 1. The molecule has 1 saturated heterocycles. The zero-order valence-corrected chi connectivity index (χ0v) is 14.8. The average molecular weight is 348 g/mol. The molecule has 1 fully saturated rings. The van der Waals surface area contributed by atoms with Crippen molar-refractivity contribution in [1.29, 1.82) is 0 Å². The van der Waals surface area contributed by atoms with Gasteiger partial charge in [-0.2, -0.15) is 11.8 Å². The Kier molecular flexibility index (Phi) is 5.70. The number of carbonyl (C=O) groups excluding carboxylic acids is 1. The summed E-state index contributed by atoms with van der Waals surface area (Å²) < 4.78 is 0. The Balaban J connectivity index is 1.56. The third-order valence-corrected chi connectivity index (χ3v) is 6.13. The molecule has 2 N–H and O–H groups in total. The second-order valence-corrected chi connectivity index (χ2v) is 7.83. The summed E-state index contributed by atoms with van der Waals surface area (Å²) in [5, 5.41) is 7.44. The van der Waals surface area contributed by atoms with E-state index in [9.17, 15) is 4.79 Å². The minimum atomic E-state index is 0.110. The highest BCUT2D eigenvalue weighted by atomic mass is 32.2. The van der Waals surface area contributed by atoms with Gasteiger partial charge in [0.15, 0.2) is 0 Å². The van der Waals surface area contributed by atoms with Crippen molar-refractivity contribution in [2.24, 2.45) is 0 Å². The van der Waals surface area contributed by atoms with Crippen LogP contribution in [-0.4, -0.2) is 35.0 Å². The number of thioether (sulfide) groups is 1. The maximum atomic E-state index is 12.1. The molecule has 0 saturated carbocycles. The van der Waals surface area contributed by atoms with Crippen molar-refractivity contribution in [3.05, 3.63) is 40.9 Å². The molecule has 0 spiro atoms. The van der Waals surface area contributed by atoms with Crippen LogP contribution >= 0.6 is 23.1 Å². The van der Waals surface area contributed by atoms with E-state index in [1.54, 1.807) is 11.3 Å². The molecule has 3 rings (SSSR count). The fourth-order valence-electron chi connectivity index (χ4n) is 2.52. The van der Waals surface area contributed by atoms with E-state index in [4.69, 9.17) is 0 Å². The first-order chi connectivity index (χ1) is 11.2. The molecule has 1 aliphatic rings. The Morgan fingerprint density at radius 2 is 2.22 bits per heavy atom. The van der Waals surface area contributed by atoms with Crippen LogP contribution in [0.4, 0.5) is 0 Å². The van der Waals surface area contributed by atoms with Gasteiger partial charge in [-0.3, -0.25) is 4.79 Å². The fraction of sp³-hybridized carbons (Fsp3) is 0.412. The highest BCUT2D eigenvalue weighted by Crippen LogP contribution is 2.27. The van der Waals surface area contributed by atoms with Crippen LogP contribution in [0.2, 0.25) is 0 Å². The van der Waals surface area contributed by atoms with Crippen LogP contribution in [0.3, 0.4) is 0 Å². The maximum Gasteiger partial charge on any atom is 0.221 e. The predicted molar refractivity (Wildman–Crippen MR) is 97.9 cm³/mol. The third kappa shape index (κ3) is 4.56. The Morgan fingerprint density at radius 3 is 2.96 bits per heavy atom. The molecule has 1 aliphatic heterocycles. The van der Waals surface area contributed by atoms with Gasteiger partial charge in [0.1, 0.15) is 5.01 Å². The number of aromatic nitrogens is 1. The highest BCUT2D eigenvalue weighted by molar-refractivity contribution is 7.99. The molecule has 1 amide bonds. The number of rotatable bonds is 5. The second kappa shape index (κ2) is 7.95. The summed E-state index contributed by atoms with van der Waals surface area (Å²) in [6.45, 7) is 3.57. The van der Waals surface area contributed by atoms with Gasteiger partial charge in [0.2, 0.25) is 5.91 Å². The number of thiazole rings is 1. The normalized spacial score (nSPS) is 17.9. The number of benzene rings is 1. The van der Waals surface area contributed by atoms with Crippen molar-refractivity contribution in [3.63, 3.8) is 0 Å². The number of nitrogens with one attached hydrogen (secondary N) is 2. The Hall–Kier alpha value is -1.37. The van der Waals surface area contributed by atoms with E-state index in [-0.39, 0.29) is 5.91 Å². The topological polar surface area (TPSA) is 54.0 Å². The van der Waals surface area contributed by atoms with E-state index >= 15 is 0 Å². The Bertz CT molecular complexity index is 651. The highest BCUT2D eigenvalue weighted by Gasteiger charge is 2.17. The van der Waals surface area contributed by atoms with Crippen LogP contribution in [0.5, 0.6) is 0 Å². The van der Waals surface area contributed by atoms with Crippen LogP contribution in [0, 0.1) is 6.92 Å². The molecular weight excluding hydrogens is 326 g/mol. The molecule has 6 heteroatoms. The predicted octanol–water partition coefficient (Wildman–Crippen LogP) is 2.83. The van der Waals surface area contributed by atoms with Gasteiger partial charge in [-0.25, -0.2) is 4.98 Å². The van der Waals surface area contributed by atoms with Crippen molar-refractivity contribution < 1.29 is 4.79 Å². The lowest BCUT2D eigenvalue weighted by atomic mass is 10.2. The van der Waals surface area contributed by atoms with Crippen molar-refractivity contribution in [3.8, 4) is 10.6 Å². The van der Waals surface area contributed by atoms with Crippen LogP contribution in [0.1, 0.15) is 17.0 Å². The molecule has 23 heavy (non-hydrogen) atoms. The third-order valence-electron chi connectivity index (χ3n) is 3.79. The second-order valence-electron chi connectivity index (χ2n) is 5.60. The summed E-state index contributed by atoms with van der Waals surface area (Å²) in [6, 6.07) is 10.5. The van der Waals surface area contributed by atoms with Gasteiger partial charge in [0, 0.05) is 41.0 Å². The first kappa shape index (κ1) is 16.5. The minimum absolute atomic E-state index is 0.110. The van der Waals surface area contributed by atoms with Crippen molar-refractivity contribution in [1.82, 2.24) is 15.6 Å². The van der Waals surface area contributed by atoms with Gasteiger partial charge in [0.25, 0.3) is 0 Å². The van der Waals surface area contributed by atoms with Crippen LogP contribution in [0.25, 0.3) is 10.6 Å². The molecule has 122 valence electrons. The van der Waals surface area contributed by atoms with E-state index in [1.165, 1.54) is 0 Å². The number of hydrogen-bond acceptors (Lipinski definition) is 5. The van der Waals surface area contributed by atoms with Gasteiger partial charge >= 0.3 is 0 Å². The smallest absolute Gasteiger partial charge is 0.221 e. The molecule has 0 aliphatic carbocycles. The van der Waals surface area contributed by atoms with Crippen molar-refractivity contribution in [2.45, 2.75) is 25.9 Å². The molecule has 0 bridgehead atoms. The fourth-order valence-corrected chi connectivity index (χ4v) is 4.48. The molecule has 0 radical (unpaired) electrons. The molecule has 1 aromatic carbocycles. The zero-order chi connectivity index (χ0) is 16.1. The van der Waals surface area contributed by atoms with Gasteiger partial charge < -0.3 is 10.6 Å². The SMILES string of the molecule is Cc1nc(-c2ccccc2)sc1CNC(=O)CC1CSCCN1. The zero-order valence-electron chi connectivity index (χ0n) is 13.2. The van der Waals surface area contributed by atoms with Gasteiger partial charge in [-0.1, -0.05) is 30.3 Å². The van der Waals surface area contributed by atoms with E-state index in [2.05, 4.69) is 27.8 Å². The number of aryl methyl sites for hydroxylation is 1. The van der Waals surface area contributed by atoms with Crippen molar-refractivity contribution >= 4 is 29.0 Å². The standard InChI is InChI=1S/C17H21N3OS2/c1-12-15(23-17(20-12)13-5-3-2-4-6-13)10-19-16(21)9-14-11-22-8-7-18-14/h2-6,14,18H,7-11H2,1H3,(H,19,21). The van der Waals surface area contributed by atoms with Gasteiger partial charge in [-0.15, -0.1) is 11.3 Å². The lowest BCUT2D eigenvalue weighted by Crippen LogP contribution is -2.41. The number of carbonyl (C=O) groups is 1. The Morgan fingerprint density at radius 1 is 1.39 bits per heavy atom. The molecule has 1 atom stereocenters. The lowest BCUT2D eigenvalue weighted by Gasteiger charge is -2.22. The quantitative estimate of drug-likeness (QED) is 0.873. The molecule has 1 unspecified atom stereocenters. The van der Waals surface area contributed by atoms with Crippen LogP contribution in [0.15, 0.2) is 30.3 Å². The number of hydrogen-bond donors (Lipinski definition) is 2. The summed E-state index contributed by atoms with van der Waals surface area (Å²) in [5.41, 5.74) is 2.13. The summed E-state index contributed by atoms with van der Waals surface area (Å²) in [7, 11) is 0. The Labute approximate surface area is 145 Å². The summed E-state index contributed by atoms with van der Waals surface area (Å²) >= 11 is 3.57. The van der Waals surface area contributed by atoms with E-state index < -0.39 is 0 Å². The van der Waals surface area contributed by atoms with Crippen LogP contribution < -0.4 is 10.6 Å². The van der Waals surface area contributed by atoms with Crippen LogP contribution in [-0.2, 0) is 11.3 Å². The average Bonchev–Trinajstić information content (AvgIpc) is 2.96. The number of nitrogens with zero attached hydrogens (tertiary/aromatic N) is 1. The lowest BCUT2D eigenvalue weighted by molar-refractivity contribution is -0.121. The van der Waals surface area contributed by atoms with Gasteiger partial charge in [-0.05, 0) is 6.92 Å². The molecule has 2 heterocycles. The minimum Gasteiger partial charge on any atom is -0.351 e. The first-order valence-corrected chi connectivity index (χ1v) is 9.79. The summed E-state index contributed by atoms with van der Waals surface area (Å²) in [5.74, 6) is 2.27. The van der Waals surface area contributed by atoms with Crippen molar-refractivity contribution in [2.75, 3.05) is 18.1 Å². The molecular formula is C17H21N3OS2. The van der Waals surface area contributed by atoms with E-state index in [1.807, 2.05) is 36.9 Å². The van der Waals surface area contributed by atoms with E-state index in [0.717, 1.165) is 39.2 Å². The maximum absolute atomic E-state index is 12.1. The molecule has 2 aromatic rings. The molecule has 4 nitrogen and oxygen atoms in total. The first-order valence-electron chi connectivity index (χ1n) is 7.82. The largest absolute Gasteiger partial charge is 0.351 e. The summed E-state index contributed by atoms with van der Waals surface area (Å²) in [6.07, 6.45) is 0.552. The monoisotopic (exact) mass is 347 g/mol. The molecule has 1 aromatic heterocycles. The summed E-state index contributed by atoms with van der Waals surface area (Å²) in [4.78, 5) is 17.9. The van der Waals surface area contributed by atoms with Gasteiger partial charge in [0.05, 0.1) is 12.2 Å². The van der Waals surface area contributed by atoms with E-state index in [0.29, 0.717) is 19.0 Å².